The van der Waals surface area contributed by atoms with E-state index < -0.39 is 10.0 Å². The summed E-state index contributed by atoms with van der Waals surface area (Å²) in [6.45, 7) is 11.0. The van der Waals surface area contributed by atoms with Crippen LogP contribution in [0.25, 0.3) is 10.8 Å². The lowest BCUT2D eigenvalue weighted by Crippen LogP contribution is -2.46. The van der Waals surface area contributed by atoms with E-state index in [-0.39, 0.29) is 18.2 Å². The number of nitrogens with one attached hydrogen (secondary N) is 3. The van der Waals surface area contributed by atoms with Crippen LogP contribution in [0.3, 0.4) is 0 Å². The van der Waals surface area contributed by atoms with E-state index in [2.05, 4.69) is 52.9 Å². The molecule has 10 nitrogen and oxygen atoms in total. The van der Waals surface area contributed by atoms with Gasteiger partial charge in [0, 0.05) is 37.6 Å². The molecule has 5 rings (SSSR count). The number of nitrogens with zero attached hydrogens (tertiary/aromatic N) is 4. The molecule has 1 aliphatic carbocycles. The highest BCUT2D eigenvalue weighted by Gasteiger charge is 2.27. The van der Waals surface area contributed by atoms with Crippen LogP contribution in [0.15, 0.2) is 47.4 Å². The van der Waals surface area contributed by atoms with E-state index in [1.165, 1.54) is 0 Å². The van der Waals surface area contributed by atoms with E-state index in [1.54, 1.807) is 12.1 Å². The van der Waals surface area contributed by atoms with Gasteiger partial charge < -0.3 is 20.3 Å². The predicted molar refractivity (Wildman–Crippen MR) is 164 cm³/mol. The Hall–Kier alpha value is -3.02. The summed E-state index contributed by atoms with van der Waals surface area (Å²) in [5.74, 6) is 2.62. The van der Waals surface area contributed by atoms with Gasteiger partial charge in [0.15, 0.2) is 0 Å². The Labute approximate surface area is 243 Å². The van der Waals surface area contributed by atoms with Gasteiger partial charge >= 0.3 is 0 Å². The molecule has 0 radical (unpaired) electrons. The number of sulfonamides is 1. The van der Waals surface area contributed by atoms with Crippen molar-refractivity contribution in [3.63, 3.8) is 0 Å². The minimum atomic E-state index is -3.58. The Balaban J connectivity index is 1.15. The second-order valence-electron chi connectivity index (χ2n) is 11.8. The van der Waals surface area contributed by atoms with E-state index in [0.717, 1.165) is 56.1 Å². The first kappa shape index (κ1) is 29.5. The number of benzene rings is 2. The fourth-order valence-electron chi connectivity index (χ4n) is 5.86. The summed E-state index contributed by atoms with van der Waals surface area (Å²) in [5.41, 5.74) is 0. The monoisotopic (exact) mass is 581 g/mol. The highest BCUT2D eigenvalue weighted by Crippen LogP contribution is 2.30. The largest absolute Gasteiger partial charge is 0.372 e. The SMILES string of the molecule is CC(C)Nc1nc(NCC2CCC(CNS(=O)(=O)c3cccc4ccccc34)CC2)nc(N2CC(C)OC(C)C2)n1. The van der Waals surface area contributed by atoms with Gasteiger partial charge in [-0.3, -0.25) is 0 Å². The summed E-state index contributed by atoms with van der Waals surface area (Å²) in [6.07, 6.45) is 4.25. The van der Waals surface area contributed by atoms with Gasteiger partial charge in [-0.05, 0) is 76.7 Å². The highest BCUT2D eigenvalue weighted by molar-refractivity contribution is 7.89. The Morgan fingerprint density at radius 1 is 0.878 bits per heavy atom. The summed E-state index contributed by atoms with van der Waals surface area (Å²) < 4.78 is 35.0. The predicted octanol–water partition coefficient (Wildman–Crippen LogP) is 4.66. The first-order chi connectivity index (χ1) is 19.7. The molecular weight excluding hydrogens is 538 g/mol. The number of ether oxygens (including phenoxy) is 1. The third-order valence-corrected chi connectivity index (χ3v) is 9.34. The summed E-state index contributed by atoms with van der Waals surface area (Å²) in [5, 5.41) is 8.47. The summed E-state index contributed by atoms with van der Waals surface area (Å²) in [6, 6.07) is 13.2. The molecule has 2 aromatic carbocycles. The van der Waals surface area contributed by atoms with Crippen molar-refractivity contribution in [2.45, 2.75) is 76.5 Å². The maximum absolute atomic E-state index is 13.1. The zero-order chi connectivity index (χ0) is 29.0. The Bertz CT molecular complexity index is 1410. The zero-order valence-electron chi connectivity index (χ0n) is 24.5. The van der Waals surface area contributed by atoms with E-state index >= 15 is 0 Å². The molecular formula is C30H43N7O3S. The Kier molecular flexibility index (Phi) is 9.25. The molecule has 1 aromatic heterocycles. The van der Waals surface area contributed by atoms with Crippen LogP contribution in [0.5, 0.6) is 0 Å². The van der Waals surface area contributed by atoms with Crippen LogP contribution in [0.1, 0.15) is 53.4 Å². The lowest BCUT2D eigenvalue weighted by atomic mass is 9.82. The van der Waals surface area contributed by atoms with Crippen molar-refractivity contribution in [1.82, 2.24) is 19.7 Å². The molecule has 2 atom stereocenters. The quantitative estimate of drug-likeness (QED) is 0.314. The maximum atomic E-state index is 13.1. The van der Waals surface area contributed by atoms with Crippen LogP contribution < -0.4 is 20.3 Å². The van der Waals surface area contributed by atoms with Crippen molar-refractivity contribution >= 4 is 38.6 Å². The van der Waals surface area contributed by atoms with E-state index in [4.69, 9.17) is 14.7 Å². The number of fused-ring (bicyclic) bond motifs is 1. The molecule has 0 spiro atoms. The fraction of sp³-hybridized carbons (Fsp3) is 0.567. The third kappa shape index (κ3) is 7.64. The molecule has 0 bridgehead atoms. The van der Waals surface area contributed by atoms with Crippen LogP contribution in [0.2, 0.25) is 0 Å². The molecule has 41 heavy (non-hydrogen) atoms. The highest BCUT2D eigenvalue weighted by atomic mass is 32.2. The van der Waals surface area contributed by atoms with Crippen molar-refractivity contribution < 1.29 is 13.2 Å². The molecule has 11 heteroatoms. The number of morpholine rings is 1. The van der Waals surface area contributed by atoms with Crippen LogP contribution in [0.4, 0.5) is 17.8 Å². The van der Waals surface area contributed by atoms with Crippen LogP contribution >= 0.6 is 0 Å². The number of rotatable bonds is 10. The van der Waals surface area contributed by atoms with Gasteiger partial charge in [-0.15, -0.1) is 0 Å². The van der Waals surface area contributed by atoms with E-state index in [1.807, 2.05) is 30.3 Å². The molecule has 3 N–H and O–H groups in total. The van der Waals surface area contributed by atoms with Gasteiger partial charge in [0.25, 0.3) is 0 Å². The molecule has 2 heterocycles. The lowest BCUT2D eigenvalue weighted by Gasteiger charge is -2.35. The first-order valence-corrected chi connectivity index (χ1v) is 16.3. The standard InChI is InChI=1S/C30H43N7O3S/c1-20(2)33-29-34-28(35-30(36-29)37-18-21(3)40-22(4)19-37)31-16-23-12-14-24(15-13-23)17-32-41(38,39)27-11-7-9-25-8-5-6-10-26(25)27/h5-11,20-24,32H,12-19H2,1-4H3,(H2,31,33,34,35,36). The second kappa shape index (κ2) is 12.9. The van der Waals surface area contributed by atoms with Crippen molar-refractivity contribution in [2.75, 3.05) is 41.7 Å². The zero-order valence-corrected chi connectivity index (χ0v) is 25.3. The topological polar surface area (TPSA) is 121 Å². The summed E-state index contributed by atoms with van der Waals surface area (Å²) in [7, 11) is -3.58. The molecule has 222 valence electrons. The van der Waals surface area contributed by atoms with E-state index in [0.29, 0.717) is 41.1 Å². The number of anilines is 3. The second-order valence-corrected chi connectivity index (χ2v) is 13.6. The molecule has 1 aliphatic heterocycles. The smallest absolute Gasteiger partial charge is 0.241 e. The summed E-state index contributed by atoms with van der Waals surface area (Å²) in [4.78, 5) is 16.6. The van der Waals surface area contributed by atoms with Gasteiger partial charge in [0.05, 0.1) is 17.1 Å². The molecule has 1 saturated carbocycles. The maximum Gasteiger partial charge on any atom is 0.241 e. The molecule has 2 aliphatic rings. The average Bonchev–Trinajstić information content (AvgIpc) is 2.94. The van der Waals surface area contributed by atoms with Crippen molar-refractivity contribution in [1.29, 1.82) is 0 Å². The van der Waals surface area contributed by atoms with E-state index in [9.17, 15) is 8.42 Å². The Morgan fingerprint density at radius 3 is 2.22 bits per heavy atom. The minimum absolute atomic E-state index is 0.111. The van der Waals surface area contributed by atoms with Crippen molar-refractivity contribution in [2.24, 2.45) is 11.8 Å². The van der Waals surface area contributed by atoms with Gasteiger partial charge in [-0.2, -0.15) is 15.0 Å². The molecule has 2 fully saturated rings. The molecule has 1 saturated heterocycles. The molecule has 3 aromatic rings. The summed E-state index contributed by atoms with van der Waals surface area (Å²) >= 11 is 0. The normalized spacial score (nSPS) is 23.6. The average molecular weight is 582 g/mol. The van der Waals surface area contributed by atoms with Gasteiger partial charge in [-0.1, -0.05) is 36.4 Å². The van der Waals surface area contributed by atoms with Gasteiger partial charge in [-0.25, -0.2) is 13.1 Å². The van der Waals surface area contributed by atoms with Crippen LogP contribution in [0, 0.1) is 11.8 Å². The Morgan fingerprint density at radius 2 is 1.51 bits per heavy atom. The number of hydrogen-bond acceptors (Lipinski definition) is 9. The molecule has 0 amide bonds. The third-order valence-electron chi connectivity index (χ3n) is 7.86. The van der Waals surface area contributed by atoms with Crippen LogP contribution in [-0.4, -0.2) is 67.8 Å². The van der Waals surface area contributed by atoms with Gasteiger partial charge in [0.2, 0.25) is 27.9 Å². The van der Waals surface area contributed by atoms with Crippen LogP contribution in [-0.2, 0) is 14.8 Å². The lowest BCUT2D eigenvalue weighted by molar-refractivity contribution is -0.00572. The minimum Gasteiger partial charge on any atom is -0.372 e. The first-order valence-electron chi connectivity index (χ1n) is 14.8. The fourth-order valence-corrected chi connectivity index (χ4v) is 7.20. The van der Waals surface area contributed by atoms with Gasteiger partial charge in [0.1, 0.15) is 0 Å². The number of aromatic nitrogens is 3. The van der Waals surface area contributed by atoms with Crippen molar-refractivity contribution in [3.05, 3.63) is 42.5 Å². The van der Waals surface area contributed by atoms with Crippen molar-refractivity contribution in [3.8, 4) is 0 Å². The number of hydrogen-bond donors (Lipinski definition) is 3. The molecule has 2 unspecified atom stereocenters.